The summed E-state index contributed by atoms with van der Waals surface area (Å²) in [5.41, 5.74) is 1.60. The number of halogens is 1. The second kappa shape index (κ2) is 4.35. The van der Waals surface area contributed by atoms with Gasteiger partial charge >= 0.3 is 0 Å². The van der Waals surface area contributed by atoms with Crippen LogP contribution in [0.3, 0.4) is 0 Å². The van der Waals surface area contributed by atoms with Gasteiger partial charge in [-0.15, -0.1) is 0 Å². The van der Waals surface area contributed by atoms with E-state index in [0.717, 1.165) is 5.56 Å². The van der Waals surface area contributed by atoms with E-state index in [1.165, 1.54) is 10.6 Å². The van der Waals surface area contributed by atoms with Gasteiger partial charge in [-0.1, -0.05) is 0 Å². The molecule has 1 aliphatic rings. The Hall–Kier alpha value is -1.34. The highest BCUT2D eigenvalue weighted by Crippen LogP contribution is 2.37. The van der Waals surface area contributed by atoms with Gasteiger partial charge in [0, 0.05) is 18.4 Å². The summed E-state index contributed by atoms with van der Waals surface area (Å²) in [6, 6.07) is 3.13. The molecule has 0 N–H and O–H groups in total. The van der Waals surface area contributed by atoms with Gasteiger partial charge in [-0.25, -0.2) is 0 Å². The number of nitrogens with zero attached hydrogens (tertiary/aromatic N) is 2. The molecule has 1 atom stereocenters. The molecule has 2 aromatic rings. The van der Waals surface area contributed by atoms with Crippen LogP contribution in [-0.2, 0) is 16.4 Å². The zero-order chi connectivity index (χ0) is 13.6. The van der Waals surface area contributed by atoms with Gasteiger partial charge in [0.1, 0.15) is 0 Å². The summed E-state index contributed by atoms with van der Waals surface area (Å²) in [5, 5.41) is -0.0657. The topological polar surface area (TPSA) is 63.4 Å². The number of furan rings is 1. The molecule has 5 nitrogen and oxygen atoms in total. The SMILES string of the molecule is CC1Cc2cnccc2N1S(=O)(=O)c1occc1Br. The van der Waals surface area contributed by atoms with Gasteiger partial charge in [-0.3, -0.25) is 9.29 Å². The van der Waals surface area contributed by atoms with Crippen LogP contribution in [0.1, 0.15) is 12.5 Å². The lowest BCUT2D eigenvalue weighted by molar-refractivity contribution is 0.444. The highest BCUT2D eigenvalue weighted by Gasteiger charge is 2.38. The molecule has 0 aromatic carbocycles. The molecule has 7 heteroatoms. The molecule has 19 heavy (non-hydrogen) atoms. The van der Waals surface area contributed by atoms with Crippen molar-refractivity contribution in [1.29, 1.82) is 0 Å². The zero-order valence-corrected chi connectivity index (χ0v) is 12.5. The maximum absolute atomic E-state index is 12.7. The number of rotatable bonds is 2. The molecule has 1 aliphatic heterocycles. The summed E-state index contributed by atoms with van der Waals surface area (Å²) in [4.78, 5) is 4.03. The highest BCUT2D eigenvalue weighted by molar-refractivity contribution is 9.10. The minimum Gasteiger partial charge on any atom is -0.450 e. The predicted molar refractivity (Wildman–Crippen MR) is 73.5 cm³/mol. The number of aromatic nitrogens is 1. The number of pyridine rings is 1. The van der Waals surface area contributed by atoms with Crippen LogP contribution in [0.2, 0.25) is 0 Å². The fourth-order valence-electron chi connectivity index (χ4n) is 2.35. The van der Waals surface area contributed by atoms with Crippen LogP contribution in [0, 0.1) is 0 Å². The predicted octanol–water partition coefficient (Wildman–Crippen LogP) is 2.58. The van der Waals surface area contributed by atoms with Crippen molar-refractivity contribution in [2.45, 2.75) is 24.5 Å². The van der Waals surface area contributed by atoms with Crippen molar-refractivity contribution in [1.82, 2.24) is 4.98 Å². The van der Waals surface area contributed by atoms with Crippen molar-refractivity contribution >= 4 is 31.6 Å². The minimum absolute atomic E-state index is 0.0657. The molecule has 1 unspecified atom stereocenters. The van der Waals surface area contributed by atoms with Crippen LogP contribution in [-0.4, -0.2) is 19.4 Å². The molecule has 0 amide bonds. The minimum atomic E-state index is -3.70. The summed E-state index contributed by atoms with van der Waals surface area (Å²) < 4.78 is 32.3. The van der Waals surface area contributed by atoms with Crippen molar-refractivity contribution in [2.75, 3.05) is 4.31 Å². The summed E-state index contributed by atoms with van der Waals surface area (Å²) in [5.74, 6) is 0. The van der Waals surface area contributed by atoms with Crippen molar-refractivity contribution in [3.8, 4) is 0 Å². The van der Waals surface area contributed by atoms with Gasteiger partial charge in [0.25, 0.3) is 15.1 Å². The van der Waals surface area contributed by atoms with E-state index in [-0.39, 0.29) is 11.1 Å². The molecule has 0 saturated heterocycles. The standard InChI is InChI=1S/C12H11BrN2O3S/c1-8-6-9-7-14-4-2-11(9)15(8)19(16,17)12-10(13)3-5-18-12/h2-5,7-8H,6H2,1H3. The average molecular weight is 343 g/mol. The molecule has 3 rings (SSSR count). The van der Waals surface area contributed by atoms with Crippen LogP contribution < -0.4 is 4.31 Å². The third kappa shape index (κ3) is 1.88. The van der Waals surface area contributed by atoms with E-state index >= 15 is 0 Å². The molecule has 0 fully saturated rings. The van der Waals surface area contributed by atoms with E-state index in [0.29, 0.717) is 16.6 Å². The average Bonchev–Trinajstić information content (AvgIpc) is 2.91. The molecule has 0 spiro atoms. The number of anilines is 1. The third-order valence-corrected chi connectivity index (χ3v) is 5.85. The lowest BCUT2D eigenvalue weighted by atomic mass is 10.2. The molecule has 3 heterocycles. The summed E-state index contributed by atoms with van der Waals surface area (Å²) in [7, 11) is -3.70. The number of hydrogen-bond acceptors (Lipinski definition) is 4. The Bertz CT molecular complexity index is 726. The van der Waals surface area contributed by atoms with E-state index in [9.17, 15) is 8.42 Å². The zero-order valence-electron chi connectivity index (χ0n) is 10.1. The summed E-state index contributed by atoms with van der Waals surface area (Å²) >= 11 is 3.20. The quantitative estimate of drug-likeness (QED) is 0.841. The van der Waals surface area contributed by atoms with Crippen molar-refractivity contribution in [3.63, 3.8) is 0 Å². The van der Waals surface area contributed by atoms with Crippen LogP contribution in [0.4, 0.5) is 5.69 Å². The number of sulfonamides is 1. The Morgan fingerprint density at radius 1 is 1.47 bits per heavy atom. The first-order valence-corrected chi connectivity index (χ1v) is 7.95. The molecule has 2 aromatic heterocycles. The van der Waals surface area contributed by atoms with Gasteiger partial charge < -0.3 is 4.42 Å². The molecule has 0 aliphatic carbocycles. The van der Waals surface area contributed by atoms with Crippen LogP contribution in [0.25, 0.3) is 0 Å². The maximum Gasteiger partial charge on any atom is 0.299 e. The van der Waals surface area contributed by atoms with E-state index in [4.69, 9.17) is 4.42 Å². The van der Waals surface area contributed by atoms with Gasteiger partial charge in [-0.05, 0) is 47.0 Å². The van der Waals surface area contributed by atoms with E-state index < -0.39 is 10.0 Å². The Labute approximate surface area is 119 Å². The fourth-order valence-corrected chi connectivity index (χ4v) is 4.82. The highest BCUT2D eigenvalue weighted by atomic mass is 79.9. The van der Waals surface area contributed by atoms with Crippen molar-refractivity contribution < 1.29 is 12.8 Å². The number of hydrogen-bond donors (Lipinski definition) is 0. The van der Waals surface area contributed by atoms with Crippen molar-refractivity contribution in [2.24, 2.45) is 0 Å². The van der Waals surface area contributed by atoms with Crippen LogP contribution >= 0.6 is 15.9 Å². The molecular formula is C12H11BrN2O3S. The Morgan fingerprint density at radius 2 is 2.26 bits per heavy atom. The molecule has 0 bridgehead atoms. The monoisotopic (exact) mass is 342 g/mol. The van der Waals surface area contributed by atoms with Crippen LogP contribution in [0.15, 0.2) is 44.8 Å². The fraction of sp³-hybridized carbons (Fsp3) is 0.250. The first-order chi connectivity index (χ1) is 9.01. The maximum atomic E-state index is 12.7. The second-order valence-corrected chi connectivity index (χ2v) is 6.98. The largest absolute Gasteiger partial charge is 0.450 e. The molecule has 0 radical (unpaired) electrons. The molecule has 100 valence electrons. The molecule has 0 saturated carbocycles. The van der Waals surface area contributed by atoms with Gasteiger partial charge in [0.2, 0.25) is 0 Å². The van der Waals surface area contributed by atoms with Crippen molar-refractivity contribution in [3.05, 3.63) is 40.8 Å². The van der Waals surface area contributed by atoms with Gasteiger partial charge in [0.05, 0.1) is 16.4 Å². The first kappa shape index (κ1) is 12.7. The summed E-state index contributed by atoms with van der Waals surface area (Å²) in [6.07, 6.45) is 5.31. The second-order valence-electron chi connectivity index (χ2n) is 4.41. The lowest BCUT2D eigenvalue weighted by Gasteiger charge is -2.23. The van der Waals surface area contributed by atoms with Crippen LogP contribution in [0.5, 0.6) is 0 Å². The Morgan fingerprint density at radius 3 is 2.95 bits per heavy atom. The number of fused-ring (bicyclic) bond motifs is 1. The van der Waals surface area contributed by atoms with E-state index in [1.807, 2.05) is 6.92 Å². The smallest absolute Gasteiger partial charge is 0.299 e. The Kier molecular flexibility index (Phi) is 2.90. The molecular weight excluding hydrogens is 332 g/mol. The van der Waals surface area contributed by atoms with Gasteiger partial charge in [-0.2, -0.15) is 8.42 Å². The van der Waals surface area contributed by atoms with Gasteiger partial charge in [0.15, 0.2) is 0 Å². The normalized spacial score (nSPS) is 18.6. The Balaban J connectivity index is 2.15. The van der Waals surface area contributed by atoms with E-state index in [2.05, 4.69) is 20.9 Å². The summed E-state index contributed by atoms with van der Waals surface area (Å²) in [6.45, 7) is 1.87. The van der Waals surface area contributed by atoms with E-state index in [1.54, 1.807) is 24.5 Å². The first-order valence-electron chi connectivity index (χ1n) is 5.72. The third-order valence-electron chi connectivity index (χ3n) is 3.11. The lowest BCUT2D eigenvalue weighted by Crippen LogP contribution is -2.35.